The first-order valence-corrected chi connectivity index (χ1v) is 8.50. The fourth-order valence-electron chi connectivity index (χ4n) is 3.68. The number of rotatable bonds is 1. The molecule has 2 aliphatic rings. The molecule has 132 valence electrons. The first-order valence-electron chi connectivity index (χ1n) is 8.50. The number of aromatic nitrogens is 1. The van der Waals surface area contributed by atoms with Crippen molar-refractivity contribution in [3.05, 3.63) is 17.2 Å². The van der Waals surface area contributed by atoms with Gasteiger partial charge in [-0.25, -0.2) is 4.79 Å². The molecule has 0 bridgehead atoms. The summed E-state index contributed by atoms with van der Waals surface area (Å²) in [6.07, 6.45) is 0.670. The first kappa shape index (κ1) is 16.9. The van der Waals surface area contributed by atoms with Gasteiger partial charge in [0.2, 0.25) is 5.88 Å². The van der Waals surface area contributed by atoms with Crippen LogP contribution >= 0.6 is 0 Å². The Morgan fingerprint density at radius 3 is 2.67 bits per heavy atom. The summed E-state index contributed by atoms with van der Waals surface area (Å²) in [6, 6.07) is 2.59. The van der Waals surface area contributed by atoms with Gasteiger partial charge in [0.1, 0.15) is 11.4 Å². The Bertz CT molecular complexity index is 654. The van der Waals surface area contributed by atoms with Gasteiger partial charge in [-0.05, 0) is 52.7 Å². The zero-order chi connectivity index (χ0) is 17.6. The van der Waals surface area contributed by atoms with Crippen LogP contribution in [0.15, 0.2) is 6.07 Å². The van der Waals surface area contributed by atoms with E-state index in [1.54, 1.807) is 7.11 Å². The van der Waals surface area contributed by atoms with Crippen LogP contribution in [-0.4, -0.2) is 53.9 Å². The number of fused-ring (bicyclic) bond motifs is 3. The van der Waals surface area contributed by atoms with Crippen LogP contribution in [0.4, 0.5) is 10.6 Å². The van der Waals surface area contributed by atoms with Crippen LogP contribution in [0.3, 0.4) is 0 Å². The van der Waals surface area contributed by atoms with E-state index in [9.17, 15) is 4.79 Å². The molecule has 3 rings (SSSR count). The molecule has 1 saturated heterocycles. The zero-order valence-corrected chi connectivity index (χ0v) is 15.4. The second kappa shape index (κ2) is 5.83. The maximum atomic E-state index is 12.4. The number of carbonyl (C=O) groups is 1. The van der Waals surface area contributed by atoms with E-state index in [4.69, 9.17) is 14.5 Å². The molecule has 1 aromatic rings. The lowest BCUT2D eigenvalue weighted by Gasteiger charge is -2.43. The summed E-state index contributed by atoms with van der Waals surface area (Å²) < 4.78 is 10.9. The van der Waals surface area contributed by atoms with Crippen molar-refractivity contribution < 1.29 is 14.3 Å². The minimum Gasteiger partial charge on any atom is -0.481 e. The lowest BCUT2D eigenvalue weighted by atomic mass is 10.1. The van der Waals surface area contributed by atoms with Crippen LogP contribution in [0.1, 0.15) is 38.8 Å². The van der Waals surface area contributed by atoms with Crippen molar-refractivity contribution in [2.75, 3.05) is 25.1 Å². The van der Waals surface area contributed by atoms with Gasteiger partial charge in [0.05, 0.1) is 13.2 Å². The molecule has 0 unspecified atom stereocenters. The number of nitrogens with zero attached hydrogens (tertiary/aromatic N) is 3. The molecule has 3 heterocycles. The van der Waals surface area contributed by atoms with Gasteiger partial charge in [-0.1, -0.05) is 0 Å². The summed E-state index contributed by atoms with van der Waals surface area (Å²) in [4.78, 5) is 21.3. The van der Waals surface area contributed by atoms with Gasteiger partial charge in [0, 0.05) is 24.7 Å². The molecule has 6 nitrogen and oxygen atoms in total. The summed E-state index contributed by atoms with van der Waals surface area (Å²) >= 11 is 0. The Morgan fingerprint density at radius 2 is 2.04 bits per heavy atom. The molecule has 0 aromatic carbocycles. The van der Waals surface area contributed by atoms with E-state index in [2.05, 4.69) is 17.9 Å². The van der Waals surface area contributed by atoms with Crippen LogP contribution in [0.5, 0.6) is 5.88 Å². The number of amides is 1. The van der Waals surface area contributed by atoms with Crippen LogP contribution in [0, 0.1) is 6.92 Å². The highest BCUT2D eigenvalue weighted by atomic mass is 16.6. The van der Waals surface area contributed by atoms with E-state index in [1.807, 2.05) is 32.6 Å². The smallest absolute Gasteiger partial charge is 0.410 e. The Hall–Kier alpha value is -1.98. The third-order valence-electron chi connectivity index (χ3n) is 4.55. The van der Waals surface area contributed by atoms with E-state index in [-0.39, 0.29) is 18.2 Å². The molecule has 0 N–H and O–H groups in total. The predicted molar refractivity (Wildman–Crippen MR) is 92.8 cm³/mol. The van der Waals surface area contributed by atoms with Gasteiger partial charge in [-0.3, -0.25) is 0 Å². The van der Waals surface area contributed by atoms with E-state index in [1.165, 1.54) is 5.56 Å². The lowest BCUT2D eigenvalue weighted by molar-refractivity contribution is 0.0191. The standard InChI is InChI=1S/C18H27N3O3/c1-11-7-13-8-14-10-20(17(22)24-18(3,4)5)9-12(2)21(14)15(13)19-16(11)23-6/h7,12,14H,8-10H2,1-6H3/t12-,14-/m1/s1. The van der Waals surface area contributed by atoms with Gasteiger partial charge in [-0.2, -0.15) is 4.98 Å². The van der Waals surface area contributed by atoms with E-state index in [0.29, 0.717) is 19.0 Å². The summed E-state index contributed by atoms with van der Waals surface area (Å²) in [7, 11) is 1.65. The molecular weight excluding hydrogens is 306 g/mol. The quantitative estimate of drug-likeness (QED) is 0.791. The molecule has 0 saturated carbocycles. The number of pyridine rings is 1. The van der Waals surface area contributed by atoms with Crippen LogP contribution in [0.25, 0.3) is 0 Å². The zero-order valence-electron chi connectivity index (χ0n) is 15.4. The highest BCUT2D eigenvalue weighted by Gasteiger charge is 2.41. The van der Waals surface area contributed by atoms with Crippen LogP contribution < -0.4 is 9.64 Å². The number of hydrogen-bond acceptors (Lipinski definition) is 5. The highest BCUT2D eigenvalue weighted by molar-refractivity contribution is 5.69. The molecule has 0 spiro atoms. The van der Waals surface area contributed by atoms with Crippen molar-refractivity contribution in [1.82, 2.24) is 9.88 Å². The molecule has 0 aliphatic carbocycles. The largest absolute Gasteiger partial charge is 0.481 e. The number of piperazine rings is 1. The van der Waals surface area contributed by atoms with Gasteiger partial charge in [-0.15, -0.1) is 0 Å². The Morgan fingerprint density at radius 1 is 1.33 bits per heavy atom. The fourth-order valence-corrected chi connectivity index (χ4v) is 3.68. The van der Waals surface area contributed by atoms with Gasteiger partial charge in [0.15, 0.2) is 0 Å². The summed E-state index contributed by atoms with van der Waals surface area (Å²) in [5.74, 6) is 1.68. The number of methoxy groups -OCH3 is 1. The van der Waals surface area contributed by atoms with Crippen molar-refractivity contribution >= 4 is 11.9 Å². The van der Waals surface area contributed by atoms with Gasteiger partial charge in [0.25, 0.3) is 0 Å². The minimum absolute atomic E-state index is 0.192. The first-order chi connectivity index (χ1) is 11.2. The number of hydrogen-bond donors (Lipinski definition) is 0. The Labute approximate surface area is 143 Å². The molecule has 2 atom stereocenters. The third kappa shape index (κ3) is 3.01. The number of carbonyl (C=O) groups excluding carboxylic acids is 1. The number of aryl methyl sites for hydroxylation is 1. The second-order valence-electron chi connectivity index (χ2n) is 7.80. The number of anilines is 1. The van der Waals surface area contributed by atoms with Crippen LogP contribution in [-0.2, 0) is 11.2 Å². The molecule has 1 fully saturated rings. The second-order valence-corrected chi connectivity index (χ2v) is 7.80. The highest BCUT2D eigenvalue weighted by Crippen LogP contribution is 2.37. The Balaban J connectivity index is 1.81. The molecule has 6 heteroatoms. The number of ether oxygens (including phenoxy) is 2. The monoisotopic (exact) mass is 333 g/mol. The van der Waals surface area contributed by atoms with E-state index < -0.39 is 5.60 Å². The van der Waals surface area contributed by atoms with E-state index in [0.717, 1.165) is 17.8 Å². The summed E-state index contributed by atoms with van der Waals surface area (Å²) in [5.41, 5.74) is 1.81. The van der Waals surface area contributed by atoms with Crippen molar-refractivity contribution in [2.24, 2.45) is 0 Å². The molecule has 2 aliphatic heterocycles. The van der Waals surface area contributed by atoms with E-state index >= 15 is 0 Å². The Kier molecular flexibility index (Phi) is 4.10. The maximum absolute atomic E-state index is 12.4. The average Bonchev–Trinajstić information content (AvgIpc) is 2.81. The normalized spacial score (nSPS) is 22.9. The molecular formula is C18H27N3O3. The van der Waals surface area contributed by atoms with Crippen molar-refractivity contribution in [1.29, 1.82) is 0 Å². The molecule has 1 amide bonds. The lowest BCUT2D eigenvalue weighted by Crippen LogP contribution is -2.58. The van der Waals surface area contributed by atoms with Gasteiger partial charge >= 0.3 is 6.09 Å². The van der Waals surface area contributed by atoms with Crippen molar-refractivity contribution in [2.45, 2.75) is 58.7 Å². The average molecular weight is 333 g/mol. The minimum atomic E-state index is -0.470. The molecule has 24 heavy (non-hydrogen) atoms. The predicted octanol–water partition coefficient (Wildman–Crippen LogP) is 2.77. The third-order valence-corrected chi connectivity index (χ3v) is 4.55. The molecule has 0 radical (unpaired) electrons. The topological polar surface area (TPSA) is 54.9 Å². The molecule has 1 aromatic heterocycles. The summed E-state index contributed by atoms with van der Waals surface area (Å²) in [6.45, 7) is 11.1. The van der Waals surface area contributed by atoms with Gasteiger partial charge < -0.3 is 19.3 Å². The SMILES string of the molecule is COc1nc2c(cc1C)C[C@@H]1CN(C(=O)OC(C)(C)C)C[C@@H](C)N21. The van der Waals surface area contributed by atoms with Crippen molar-refractivity contribution in [3.8, 4) is 5.88 Å². The maximum Gasteiger partial charge on any atom is 0.410 e. The summed E-state index contributed by atoms with van der Waals surface area (Å²) in [5, 5.41) is 0. The fraction of sp³-hybridized carbons (Fsp3) is 0.667. The van der Waals surface area contributed by atoms with Crippen molar-refractivity contribution in [3.63, 3.8) is 0 Å². The van der Waals surface area contributed by atoms with Crippen LogP contribution in [0.2, 0.25) is 0 Å².